The fourth-order valence-corrected chi connectivity index (χ4v) is 4.03. The van der Waals surface area contributed by atoms with Crippen LogP contribution in [0.25, 0.3) is 16.4 Å². The first kappa shape index (κ1) is 17.6. The highest BCUT2D eigenvalue weighted by Crippen LogP contribution is 2.33. The van der Waals surface area contributed by atoms with Gasteiger partial charge in [0.25, 0.3) is 5.69 Å². The van der Waals surface area contributed by atoms with Crippen LogP contribution in [-0.4, -0.2) is 50.4 Å². The highest BCUT2D eigenvalue weighted by Gasteiger charge is 2.22. The molecule has 8 nitrogen and oxygen atoms in total. The van der Waals surface area contributed by atoms with Crippen molar-refractivity contribution in [3.63, 3.8) is 0 Å². The largest absolute Gasteiger partial charge is 0.368 e. The molecule has 4 aromatic rings. The molecule has 1 aliphatic heterocycles. The van der Waals surface area contributed by atoms with Crippen LogP contribution in [0.3, 0.4) is 0 Å². The molecule has 0 amide bonds. The topological polar surface area (TPSA) is 79.8 Å². The average molecular weight is 388 g/mol. The van der Waals surface area contributed by atoms with Crippen LogP contribution in [0.1, 0.15) is 5.69 Å². The van der Waals surface area contributed by atoms with E-state index in [1.165, 1.54) is 0 Å². The van der Waals surface area contributed by atoms with Crippen molar-refractivity contribution in [3.8, 4) is 0 Å². The van der Waals surface area contributed by atoms with E-state index in [1.54, 1.807) is 18.5 Å². The number of rotatable bonds is 4. The summed E-state index contributed by atoms with van der Waals surface area (Å²) in [4.78, 5) is 24.4. The number of piperazine rings is 1. The van der Waals surface area contributed by atoms with E-state index < -0.39 is 0 Å². The molecular formula is C21H20N6O2. The van der Waals surface area contributed by atoms with Crippen LogP contribution in [0.15, 0.2) is 61.2 Å². The van der Waals surface area contributed by atoms with Crippen molar-refractivity contribution in [1.29, 1.82) is 0 Å². The number of hydrogen-bond acceptors (Lipinski definition) is 6. The summed E-state index contributed by atoms with van der Waals surface area (Å²) in [5.41, 5.74) is 3.16. The van der Waals surface area contributed by atoms with Gasteiger partial charge in [-0.05, 0) is 24.3 Å². The molecular weight excluding hydrogens is 368 g/mol. The van der Waals surface area contributed by atoms with Crippen molar-refractivity contribution in [3.05, 3.63) is 77.0 Å². The first-order valence-electron chi connectivity index (χ1n) is 9.60. The summed E-state index contributed by atoms with van der Waals surface area (Å²) < 4.78 is 2.04. The second-order valence-corrected chi connectivity index (χ2v) is 7.24. The standard InChI is InChI=1S/C21H20N6O2/c28-27(29)20-5-4-19(17-6-7-22-13-18(17)20)25-11-9-24(10-12-25)14-16-15-26-8-2-1-3-21(26)23-16/h1-8,13,15H,9-12,14H2. The molecule has 1 saturated heterocycles. The Hall–Kier alpha value is -3.52. The summed E-state index contributed by atoms with van der Waals surface area (Å²) >= 11 is 0. The normalized spacial score (nSPS) is 15.2. The number of pyridine rings is 2. The van der Waals surface area contributed by atoms with Gasteiger partial charge in [-0.25, -0.2) is 4.98 Å². The van der Waals surface area contributed by atoms with Crippen LogP contribution in [0.5, 0.6) is 0 Å². The van der Waals surface area contributed by atoms with Crippen molar-refractivity contribution in [2.75, 3.05) is 31.1 Å². The molecule has 0 saturated carbocycles. The number of fused-ring (bicyclic) bond motifs is 2. The molecule has 0 radical (unpaired) electrons. The van der Waals surface area contributed by atoms with Gasteiger partial charge in [-0.3, -0.25) is 20.0 Å². The van der Waals surface area contributed by atoms with E-state index in [-0.39, 0.29) is 10.6 Å². The van der Waals surface area contributed by atoms with E-state index in [0.717, 1.165) is 55.1 Å². The number of nitro groups is 1. The predicted octanol–water partition coefficient (Wildman–Crippen LogP) is 3.11. The molecule has 29 heavy (non-hydrogen) atoms. The lowest BCUT2D eigenvalue weighted by atomic mass is 10.1. The summed E-state index contributed by atoms with van der Waals surface area (Å²) in [6, 6.07) is 11.3. The van der Waals surface area contributed by atoms with Gasteiger partial charge in [0.15, 0.2) is 0 Å². The van der Waals surface area contributed by atoms with Crippen LogP contribution in [0.4, 0.5) is 11.4 Å². The number of benzene rings is 1. The van der Waals surface area contributed by atoms with Gasteiger partial charge in [-0.1, -0.05) is 6.07 Å². The van der Waals surface area contributed by atoms with E-state index >= 15 is 0 Å². The molecule has 1 fully saturated rings. The summed E-state index contributed by atoms with van der Waals surface area (Å²) in [6.45, 7) is 4.38. The number of hydrogen-bond donors (Lipinski definition) is 0. The van der Waals surface area contributed by atoms with Crippen molar-refractivity contribution in [2.24, 2.45) is 0 Å². The molecule has 4 heterocycles. The first-order valence-corrected chi connectivity index (χ1v) is 9.60. The highest BCUT2D eigenvalue weighted by molar-refractivity contribution is 5.99. The van der Waals surface area contributed by atoms with Gasteiger partial charge in [-0.15, -0.1) is 0 Å². The SMILES string of the molecule is O=[N+]([O-])c1ccc(N2CCN(Cc3cn4ccccc4n3)CC2)c2ccncc12. The fourth-order valence-electron chi connectivity index (χ4n) is 4.03. The maximum Gasteiger partial charge on any atom is 0.278 e. The third-order valence-corrected chi connectivity index (χ3v) is 5.48. The van der Waals surface area contributed by atoms with Crippen molar-refractivity contribution in [2.45, 2.75) is 6.54 Å². The molecule has 0 aliphatic carbocycles. The zero-order chi connectivity index (χ0) is 19.8. The molecule has 1 aliphatic rings. The van der Waals surface area contributed by atoms with E-state index in [4.69, 9.17) is 0 Å². The second-order valence-electron chi connectivity index (χ2n) is 7.24. The lowest BCUT2D eigenvalue weighted by Crippen LogP contribution is -2.46. The Morgan fingerprint density at radius 3 is 2.69 bits per heavy atom. The van der Waals surface area contributed by atoms with E-state index in [0.29, 0.717) is 5.39 Å². The third kappa shape index (κ3) is 3.27. The number of anilines is 1. The first-order chi connectivity index (χ1) is 14.2. The Morgan fingerprint density at radius 2 is 1.90 bits per heavy atom. The fraction of sp³-hybridized carbons (Fsp3) is 0.238. The highest BCUT2D eigenvalue weighted by atomic mass is 16.6. The zero-order valence-corrected chi connectivity index (χ0v) is 15.8. The van der Waals surface area contributed by atoms with Crippen LogP contribution in [0, 0.1) is 10.1 Å². The van der Waals surface area contributed by atoms with Crippen LogP contribution in [-0.2, 0) is 6.54 Å². The average Bonchev–Trinajstić information content (AvgIpc) is 3.16. The molecule has 0 N–H and O–H groups in total. The molecule has 8 heteroatoms. The van der Waals surface area contributed by atoms with E-state index in [9.17, 15) is 10.1 Å². The zero-order valence-electron chi connectivity index (χ0n) is 15.8. The summed E-state index contributed by atoms with van der Waals surface area (Å²) in [5.74, 6) is 0. The number of imidazole rings is 1. The Labute approximate surface area is 167 Å². The molecule has 0 spiro atoms. The van der Waals surface area contributed by atoms with Gasteiger partial charge in [0.2, 0.25) is 0 Å². The molecule has 1 aromatic carbocycles. The lowest BCUT2D eigenvalue weighted by molar-refractivity contribution is -0.383. The smallest absolute Gasteiger partial charge is 0.278 e. The minimum atomic E-state index is -0.347. The van der Waals surface area contributed by atoms with Gasteiger partial charge in [-0.2, -0.15) is 0 Å². The quantitative estimate of drug-likeness (QED) is 0.395. The molecule has 3 aromatic heterocycles. The lowest BCUT2D eigenvalue weighted by Gasteiger charge is -2.36. The van der Waals surface area contributed by atoms with Gasteiger partial charge in [0.1, 0.15) is 5.65 Å². The Bertz CT molecular complexity index is 1160. The Balaban J connectivity index is 1.33. The van der Waals surface area contributed by atoms with Crippen LogP contribution < -0.4 is 4.90 Å². The number of non-ortho nitro benzene ring substituents is 1. The monoisotopic (exact) mass is 388 g/mol. The maximum atomic E-state index is 11.3. The van der Waals surface area contributed by atoms with Gasteiger partial charge in [0, 0.05) is 74.7 Å². The number of nitrogens with zero attached hydrogens (tertiary/aromatic N) is 6. The van der Waals surface area contributed by atoms with Crippen molar-refractivity contribution in [1.82, 2.24) is 19.3 Å². The molecule has 0 atom stereocenters. The molecule has 146 valence electrons. The Morgan fingerprint density at radius 1 is 1.03 bits per heavy atom. The molecule has 0 unspecified atom stereocenters. The van der Waals surface area contributed by atoms with Crippen LogP contribution >= 0.6 is 0 Å². The number of aromatic nitrogens is 3. The summed E-state index contributed by atoms with van der Waals surface area (Å²) in [6.07, 6.45) is 7.36. The maximum absolute atomic E-state index is 11.3. The van der Waals surface area contributed by atoms with Crippen molar-refractivity contribution < 1.29 is 4.92 Å². The predicted molar refractivity (Wildman–Crippen MR) is 111 cm³/mol. The van der Waals surface area contributed by atoms with Gasteiger partial charge < -0.3 is 9.30 Å². The summed E-state index contributed by atoms with van der Waals surface area (Å²) in [5, 5.41) is 12.8. The second kappa shape index (κ2) is 7.14. The minimum absolute atomic E-state index is 0.0994. The Kier molecular flexibility index (Phi) is 4.33. The molecule has 5 rings (SSSR count). The van der Waals surface area contributed by atoms with Crippen LogP contribution in [0.2, 0.25) is 0 Å². The van der Waals surface area contributed by atoms with Gasteiger partial charge in [0.05, 0.1) is 16.0 Å². The number of nitro benzene ring substituents is 1. The molecule has 0 bridgehead atoms. The minimum Gasteiger partial charge on any atom is -0.368 e. The third-order valence-electron chi connectivity index (χ3n) is 5.48. The van der Waals surface area contributed by atoms with Crippen molar-refractivity contribution >= 4 is 27.8 Å². The van der Waals surface area contributed by atoms with Gasteiger partial charge >= 0.3 is 0 Å². The van der Waals surface area contributed by atoms with E-state index in [1.807, 2.05) is 40.9 Å². The summed E-state index contributed by atoms with van der Waals surface area (Å²) in [7, 11) is 0. The van der Waals surface area contributed by atoms with E-state index in [2.05, 4.69) is 26.0 Å².